The number of carbonyl (C=O) groups excluding carboxylic acids is 2. The number of hydrogen-bond acceptors (Lipinski definition) is 8. The van der Waals surface area contributed by atoms with E-state index < -0.39 is 73.4 Å². The summed E-state index contributed by atoms with van der Waals surface area (Å²) in [7, 11) is -7.82. The number of nitrogens with two attached hydrogens (primary N) is 1. The second kappa shape index (κ2) is 19.1. The van der Waals surface area contributed by atoms with Crippen LogP contribution in [-0.4, -0.2) is 105 Å². The molecule has 0 aromatic rings. The molecule has 0 radical (unpaired) electrons. The number of hydrogen-bond donors (Lipinski definition) is 4. The minimum absolute atomic E-state index is 0.00220. The van der Waals surface area contributed by atoms with Crippen molar-refractivity contribution in [2.24, 2.45) is 28.8 Å². The second-order valence-electron chi connectivity index (χ2n) is 14.0. The molecule has 47 heavy (non-hydrogen) atoms. The SMILES string of the molecule is CCCN(CC(O)C(CC1CC(F)CC(F)C1)NC(=O)C1CC(C(=O)N(CCC)CCC)CC(S(N)(=O)=O)C1)NS(=O)(=O)CC(C)C. The molecule has 2 rings (SSSR count). The number of hydrazine groups is 1. The number of alkyl halides is 2. The zero-order valence-corrected chi connectivity index (χ0v) is 30.4. The minimum atomic E-state index is -4.09. The van der Waals surface area contributed by atoms with Gasteiger partial charge in [0.1, 0.15) is 12.3 Å². The van der Waals surface area contributed by atoms with Gasteiger partial charge in [-0.2, -0.15) is 0 Å². The highest BCUT2D eigenvalue weighted by Crippen LogP contribution is 2.35. The van der Waals surface area contributed by atoms with Crippen LogP contribution in [-0.2, 0) is 29.6 Å². The molecule has 0 bridgehead atoms. The lowest BCUT2D eigenvalue weighted by Crippen LogP contribution is -2.55. The van der Waals surface area contributed by atoms with E-state index in [2.05, 4.69) is 10.1 Å². The number of aliphatic hydroxyl groups excluding tert-OH is 1. The van der Waals surface area contributed by atoms with Crippen LogP contribution in [0.1, 0.15) is 98.8 Å². The van der Waals surface area contributed by atoms with Gasteiger partial charge in [0.2, 0.25) is 31.9 Å². The molecule has 0 spiro atoms. The summed E-state index contributed by atoms with van der Waals surface area (Å²) in [5, 5.41) is 20.0. The standard InChI is InChI=1S/C31H59F2N5O7S2/c1-6-9-37(10-7-2)31(41)24-15-23(16-27(17-24)47(34,44)45)30(40)35-28(14-22-12-25(32)18-26(33)13-22)29(39)19-38(11-8-3)36-46(42,43)20-21(4)5/h21-29,36,39H,6-20H2,1-5H3,(H,35,40)(H2,34,44,45). The number of rotatable bonds is 19. The fraction of sp³-hybridized carbons (Fsp3) is 0.935. The lowest BCUT2D eigenvalue weighted by atomic mass is 9.79. The Hall–Kier alpha value is -1.46. The van der Waals surface area contributed by atoms with Gasteiger partial charge in [0, 0.05) is 44.4 Å². The van der Waals surface area contributed by atoms with Gasteiger partial charge in [-0.3, -0.25) is 9.59 Å². The number of amides is 2. The Morgan fingerprint density at radius 2 is 1.43 bits per heavy atom. The number of halogens is 2. The highest BCUT2D eigenvalue weighted by atomic mass is 32.2. The quantitative estimate of drug-likeness (QED) is 0.148. The van der Waals surface area contributed by atoms with E-state index in [1.54, 1.807) is 18.7 Å². The van der Waals surface area contributed by atoms with E-state index >= 15 is 0 Å². The fourth-order valence-corrected chi connectivity index (χ4v) is 9.52. The molecule has 0 saturated heterocycles. The number of sulfonamides is 2. The van der Waals surface area contributed by atoms with Gasteiger partial charge in [-0.25, -0.2) is 35.8 Å². The molecule has 0 aromatic heterocycles. The van der Waals surface area contributed by atoms with E-state index in [1.807, 2.05) is 20.8 Å². The molecule has 2 aliphatic rings. The molecule has 0 heterocycles. The summed E-state index contributed by atoms with van der Waals surface area (Å²) in [6.07, 6.45) is -2.22. The van der Waals surface area contributed by atoms with Crippen molar-refractivity contribution in [3.63, 3.8) is 0 Å². The summed E-state index contributed by atoms with van der Waals surface area (Å²) < 4.78 is 79.1. The molecule has 2 amide bonds. The van der Waals surface area contributed by atoms with E-state index in [0.29, 0.717) is 32.4 Å². The molecule has 5 N–H and O–H groups in total. The number of aliphatic hydroxyl groups is 1. The molecular weight excluding hydrogens is 656 g/mol. The van der Waals surface area contributed by atoms with Crippen molar-refractivity contribution in [2.75, 3.05) is 31.9 Å². The minimum Gasteiger partial charge on any atom is -0.390 e. The summed E-state index contributed by atoms with van der Waals surface area (Å²) in [5.74, 6) is -3.29. The first-order valence-corrected chi connectivity index (χ1v) is 20.5. The number of carbonyl (C=O) groups is 2. The maximum absolute atomic E-state index is 14.4. The van der Waals surface area contributed by atoms with Gasteiger partial charge in [0.05, 0.1) is 23.1 Å². The van der Waals surface area contributed by atoms with Gasteiger partial charge in [-0.1, -0.05) is 34.6 Å². The lowest BCUT2D eigenvalue weighted by molar-refractivity contribution is -0.138. The van der Waals surface area contributed by atoms with Crippen LogP contribution in [0.3, 0.4) is 0 Å². The highest BCUT2D eigenvalue weighted by Gasteiger charge is 2.43. The summed E-state index contributed by atoms with van der Waals surface area (Å²) in [6, 6.07) is -1.03. The Balaban J connectivity index is 2.35. The van der Waals surface area contributed by atoms with Crippen LogP contribution in [0.5, 0.6) is 0 Å². The fourth-order valence-electron chi connectivity index (χ4n) is 7.00. The molecule has 0 aliphatic heterocycles. The zero-order chi connectivity index (χ0) is 35.5. The smallest absolute Gasteiger partial charge is 0.225 e. The van der Waals surface area contributed by atoms with Crippen molar-refractivity contribution < 1.29 is 40.3 Å². The van der Waals surface area contributed by atoms with Gasteiger partial charge in [0.15, 0.2) is 0 Å². The second-order valence-corrected chi connectivity index (χ2v) is 17.6. The van der Waals surface area contributed by atoms with Gasteiger partial charge < -0.3 is 15.3 Å². The highest BCUT2D eigenvalue weighted by molar-refractivity contribution is 7.89. The lowest BCUT2D eigenvalue weighted by Gasteiger charge is -2.37. The van der Waals surface area contributed by atoms with Crippen LogP contribution >= 0.6 is 0 Å². The molecular formula is C31H59F2N5O7S2. The Morgan fingerprint density at radius 3 is 1.94 bits per heavy atom. The van der Waals surface area contributed by atoms with Crippen molar-refractivity contribution in [2.45, 2.75) is 129 Å². The van der Waals surface area contributed by atoms with Gasteiger partial charge in [0.25, 0.3) is 0 Å². The average molecular weight is 716 g/mol. The van der Waals surface area contributed by atoms with Crippen LogP contribution in [0.25, 0.3) is 0 Å². The largest absolute Gasteiger partial charge is 0.390 e. The summed E-state index contributed by atoms with van der Waals surface area (Å²) in [6.45, 7) is 10.3. The normalized spacial score (nSPS) is 27.0. The van der Waals surface area contributed by atoms with Crippen LogP contribution in [0, 0.1) is 23.7 Å². The maximum Gasteiger partial charge on any atom is 0.225 e. The van der Waals surface area contributed by atoms with Gasteiger partial charge >= 0.3 is 0 Å². The van der Waals surface area contributed by atoms with E-state index in [4.69, 9.17) is 5.14 Å². The summed E-state index contributed by atoms with van der Waals surface area (Å²) in [5.41, 5.74) is 0. The number of nitrogens with zero attached hydrogens (tertiary/aromatic N) is 2. The van der Waals surface area contributed by atoms with E-state index in [9.17, 15) is 40.3 Å². The third kappa shape index (κ3) is 14.1. The van der Waals surface area contributed by atoms with Crippen molar-refractivity contribution in [3.8, 4) is 0 Å². The molecule has 0 aromatic carbocycles. The average Bonchev–Trinajstić information content (AvgIpc) is 2.94. The molecule has 16 heteroatoms. The van der Waals surface area contributed by atoms with Gasteiger partial charge in [-0.05, 0) is 69.6 Å². The maximum atomic E-state index is 14.4. The third-order valence-electron chi connectivity index (χ3n) is 8.94. The summed E-state index contributed by atoms with van der Waals surface area (Å²) >= 11 is 0. The predicted octanol–water partition coefficient (Wildman–Crippen LogP) is 2.62. The first-order valence-electron chi connectivity index (χ1n) is 17.2. The number of nitrogens with one attached hydrogen (secondary N) is 2. The summed E-state index contributed by atoms with van der Waals surface area (Å²) in [4.78, 5) is 31.6. The first-order chi connectivity index (χ1) is 21.9. The Morgan fingerprint density at radius 1 is 0.872 bits per heavy atom. The van der Waals surface area contributed by atoms with Gasteiger partial charge in [-0.15, -0.1) is 4.83 Å². The third-order valence-corrected chi connectivity index (χ3v) is 11.9. The van der Waals surface area contributed by atoms with Crippen LogP contribution in [0.2, 0.25) is 0 Å². The number of primary sulfonamides is 1. The zero-order valence-electron chi connectivity index (χ0n) is 28.7. The Bertz CT molecular complexity index is 1190. The molecule has 7 unspecified atom stereocenters. The molecule has 2 aliphatic carbocycles. The van der Waals surface area contributed by atoms with Crippen LogP contribution in [0.4, 0.5) is 8.78 Å². The van der Waals surface area contributed by atoms with E-state index in [0.717, 1.165) is 0 Å². The topological polar surface area (TPSA) is 179 Å². The Labute approximate surface area is 281 Å². The molecule has 2 saturated carbocycles. The predicted molar refractivity (Wildman–Crippen MR) is 178 cm³/mol. The van der Waals surface area contributed by atoms with Crippen LogP contribution in [0.15, 0.2) is 0 Å². The monoisotopic (exact) mass is 715 g/mol. The van der Waals surface area contributed by atoms with Crippen molar-refractivity contribution in [1.82, 2.24) is 20.1 Å². The van der Waals surface area contributed by atoms with Crippen molar-refractivity contribution in [3.05, 3.63) is 0 Å². The first kappa shape index (κ1) is 41.7. The molecule has 2 fully saturated rings. The molecule has 12 nitrogen and oxygen atoms in total. The molecule has 276 valence electrons. The van der Waals surface area contributed by atoms with Crippen molar-refractivity contribution in [1.29, 1.82) is 0 Å². The van der Waals surface area contributed by atoms with E-state index in [-0.39, 0.29) is 75.6 Å². The molecule has 7 atom stereocenters. The van der Waals surface area contributed by atoms with Crippen molar-refractivity contribution >= 4 is 31.9 Å². The van der Waals surface area contributed by atoms with E-state index in [1.165, 1.54) is 5.01 Å². The van der Waals surface area contributed by atoms with Crippen LogP contribution < -0.4 is 15.3 Å². The Kier molecular flexibility index (Phi) is 16.9.